The van der Waals surface area contributed by atoms with Crippen LogP contribution in [-0.4, -0.2) is 35.8 Å². The minimum absolute atomic E-state index is 0.0228. The van der Waals surface area contributed by atoms with E-state index in [2.05, 4.69) is 4.90 Å². The molecule has 0 saturated carbocycles. The van der Waals surface area contributed by atoms with Crippen molar-refractivity contribution >= 4 is 29.1 Å². The van der Waals surface area contributed by atoms with Gasteiger partial charge in [-0.2, -0.15) is 0 Å². The number of nitrogens with zero attached hydrogens (tertiary/aromatic N) is 2. The van der Waals surface area contributed by atoms with Gasteiger partial charge in [0.2, 0.25) is 5.91 Å². The topological polar surface area (TPSA) is 40.6 Å². The number of anilines is 1. The van der Waals surface area contributed by atoms with Crippen LogP contribution in [0.1, 0.15) is 25.7 Å². The quantitative estimate of drug-likeness (QED) is 0.788. The molecule has 112 valence electrons. The van der Waals surface area contributed by atoms with Crippen molar-refractivity contribution in [1.82, 2.24) is 4.90 Å². The molecule has 1 aromatic carbocycles. The van der Waals surface area contributed by atoms with E-state index >= 15 is 0 Å². The fraction of sp³-hybridized carbons (Fsp3) is 0.467. The molecule has 2 aliphatic heterocycles. The fourth-order valence-electron chi connectivity index (χ4n) is 3.03. The van der Waals surface area contributed by atoms with E-state index in [0.717, 1.165) is 43.3 Å². The lowest BCUT2D eigenvalue weighted by Crippen LogP contribution is -2.44. The number of hydrogen-bond donors (Lipinski definition) is 0. The van der Waals surface area contributed by atoms with Gasteiger partial charge in [0, 0.05) is 0 Å². The molecule has 3 rings (SSSR count). The molecule has 6 heteroatoms. The van der Waals surface area contributed by atoms with Crippen molar-refractivity contribution in [2.45, 2.75) is 31.7 Å². The Morgan fingerprint density at radius 2 is 1.86 bits per heavy atom. The third-order valence-corrected chi connectivity index (χ3v) is 4.42. The highest BCUT2D eigenvalue weighted by atomic mass is 35.5. The number of benzene rings is 1. The summed E-state index contributed by atoms with van der Waals surface area (Å²) in [5.41, 5.74) is 0.256. The van der Waals surface area contributed by atoms with Gasteiger partial charge in [-0.25, -0.2) is 9.29 Å². The van der Waals surface area contributed by atoms with Crippen molar-refractivity contribution in [3.63, 3.8) is 0 Å². The number of carbonyl (C=O) groups is 2. The van der Waals surface area contributed by atoms with E-state index in [4.69, 9.17) is 11.6 Å². The van der Waals surface area contributed by atoms with Crippen LogP contribution in [0, 0.1) is 5.82 Å². The first kappa shape index (κ1) is 14.5. The number of hydrogen-bond acceptors (Lipinski definition) is 3. The lowest BCUT2D eigenvalue weighted by atomic mass is 10.1. The summed E-state index contributed by atoms with van der Waals surface area (Å²) in [6.07, 6.45) is 3.43. The first-order valence-corrected chi connectivity index (χ1v) is 7.51. The molecule has 21 heavy (non-hydrogen) atoms. The molecule has 1 atom stereocenters. The highest BCUT2D eigenvalue weighted by Crippen LogP contribution is 2.29. The summed E-state index contributed by atoms with van der Waals surface area (Å²) in [5.74, 6) is -1.17. The molecule has 0 aromatic heterocycles. The van der Waals surface area contributed by atoms with Crippen LogP contribution in [0.15, 0.2) is 18.2 Å². The maximum atomic E-state index is 13.5. The van der Waals surface area contributed by atoms with Crippen LogP contribution in [0.4, 0.5) is 10.1 Å². The fourth-order valence-corrected chi connectivity index (χ4v) is 3.14. The number of halogens is 2. The second-order valence-corrected chi connectivity index (χ2v) is 5.89. The zero-order valence-electron chi connectivity index (χ0n) is 11.5. The predicted octanol–water partition coefficient (Wildman–Crippen LogP) is 2.60. The monoisotopic (exact) mass is 310 g/mol. The van der Waals surface area contributed by atoms with E-state index in [1.165, 1.54) is 12.1 Å². The largest absolute Gasteiger partial charge is 0.292 e. The summed E-state index contributed by atoms with van der Waals surface area (Å²) in [6, 6.07) is 3.59. The van der Waals surface area contributed by atoms with E-state index in [0.29, 0.717) is 0 Å². The van der Waals surface area contributed by atoms with Crippen LogP contribution in [0.25, 0.3) is 0 Å². The minimum Gasteiger partial charge on any atom is -0.292 e. The SMILES string of the molecule is O=C1C[C@H](N2CCCCC2)C(=O)N1c1ccc(Cl)c(F)c1. The third-order valence-electron chi connectivity index (χ3n) is 4.12. The summed E-state index contributed by atoms with van der Waals surface area (Å²) in [7, 11) is 0. The van der Waals surface area contributed by atoms with Gasteiger partial charge in [0.1, 0.15) is 5.82 Å². The number of imide groups is 1. The van der Waals surface area contributed by atoms with Crippen LogP contribution in [0.2, 0.25) is 5.02 Å². The molecule has 0 bridgehead atoms. The summed E-state index contributed by atoms with van der Waals surface area (Å²) >= 11 is 5.64. The third kappa shape index (κ3) is 2.68. The summed E-state index contributed by atoms with van der Waals surface area (Å²) < 4.78 is 13.5. The Bertz CT molecular complexity index is 587. The highest BCUT2D eigenvalue weighted by Gasteiger charge is 2.42. The van der Waals surface area contributed by atoms with Crippen molar-refractivity contribution in [2.24, 2.45) is 0 Å². The standard InChI is InChI=1S/C15H16ClFN2O2/c16-11-5-4-10(8-12(11)17)19-14(20)9-13(15(19)21)18-6-2-1-3-7-18/h4-5,8,13H,1-3,6-7,9H2/t13-/m0/s1. The lowest BCUT2D eigenvalue weighted by Gasteiger charge is -2.30. The second kappa shape index (κ2) is 5.73. The minimum atomic E-state index is -0.629. The molecule has 0 unspecified atom stereocenters. The number of likely N-dealkylation sites (tertiary alicyclic amines) is 1. The molecule has 2 saturated heterocycles. The Hall–Kier alpha value is -1.46. The molecule has 0 radical (unpaired) electrons. The van der Waals surface area contributed by atoms with Gasteiger partial charge < -0.3 is 0 Å². The zero-order chi connectivity index (χ0) is 15.0. The average Bonchev–Trinajstić information content (AvgIpc) is 2.78. The molecule has 2 fully saturated rings. The summed E-state index contributed by atoms with van der Waals surface area (Å²) in [4.78, 5) is 27.8. The normalized spacial score (nSPS) is 23.9. The van der Waals surface area contributed by atoms with Gasteiger partial charge in [-0.15, -0.1) is 0 Å². The average molecular weight is 311 g/mol. The van der Waals surface area contributed by atoms with Gasteiger partial charge in [0.15, 0.2) is 0 Å². The summed E-state index contributed by atoms with van der Waals surface area (Å²) in [5, 5.41) is -0.0228. The van der Waals surface area contributed by atoms with Crippen LogP contribution in [0.3, 0.4) is 0 Å². The molecule has 0 spiro atoms. The summed E-state index contributed by atoms with van der Waals surface area (Å²) in [6.45, 7) is 1.68. The first-order valence-electron chi connectivity index (χ1n) is 7.14. The number of amides is 2. The van der Waals surface area contributed by atoms with Crippen molar-refractivity contribution < 1.29 is 14.0 Å². The van der Waals surface area contributed by atoms with Crippen LogP contribution in [-0.2, 0) is 9.59 Å². The Kier molecular flexibility index (Phi) is 3.95. The van der Waals surface area contributed by atoms with Crippen LogP contribution in [0.5, 0.6) is 0 Å². The molecule has 4 nitrogen and oxygen atoms in total. The molecular weight excluding hydrogens is 295 g/mol. The first-order chi connectivity index (χ1) is 10.1. The van der Waals surface area contributed by atoms with Crippen LogP contribution >= 0.6 is 11.6 Å². The molecule has 0 N–H and O–H groups in total. The Labute approximate surface area is 127 Å². The molecular formula is C15H16ClFN2O2. The number of piperidine rings is 1. The van der Waals surface area contributed by atoms with Crippen molar-refractivity contribution in [3.8, 4) is 0 Å². The van der Waals surface area contributed by atoms with Gasteiger partial charge in [0.05, 0.1) is 23.2 Å². The van der Waals surface area contributed by atoms with Crippen molar-refractivity contribution in [1.29, 1.82) is 0 Å². The Morgan fingerprint density at radius 1 is 1.14 bits per heavy atom. The van der Waals surface area contributed by atoms with E-state index in [9.17, 15) is 14.0 Å². The highest BCUT2D eigenvalue weighted by molar-refractivity contribution is 6.31. The number of carbonyl (C=O) groups excluding carboxylic acids is 2. The maximum absolute atomic E-state index is 13.5. The smallest absolute Gasteiger partial charge is 0.251 e. The molecule has 2 heterocycles. The van der Waals surface area contributed by atoms with Gasteiger partial charge in [-0.1, -0.05) is 18.0 Å². The second-order valence-electron chi connectivity index (χ2n) is 5.48. The van der Waals surface area contributed by atoms with E-state index in [1.54, 1.807) is 0 Å². The zero-order valence-corrected chi connectivity index (χ0v) is 12.3. The van der Waals surface area contributed by atoms with E-state index in [-0.39, 0.29) is 28.9 Å². The van der Waals surface area contributed by atoms with E-state index < -0.39 is 11.9 Å². The van der Waals surface area contributed by atoms with Crippen molar-refractivity contribution in [2.75, 3.05) is 18.0 Å². The Balaban J connectivity index is 1.84. The van der Waals surface area contributed by atoms with Crippen molar-refractivity contribution in [3.05, 3.63) is 29.0 Å². The molecule has 2 amide bonds. The lowest BCUT2D eigenvalue weighted by molar-refractivity contribution is -0.123. The predicted molar refractivity (Wildman–Crippen MR) is 77.7 cm³/mol. The molecule has 2 aliphatic rings. The van der Waals surface area contributed by atoms with E-state index in [1.807, 2.05) is 0 Å². The van der Waals surface area contributed by atoms with Gasteiger partial charge >= 0.3 is 0 Å². The maximum Gasteiger partial charge on any atom is 0.251 e. The molecule has 1 aromatic rings. The number of rotatable bonds is 2. The van der Waals surface area contributed by atoms with Crippen LogP contribution < -0.4 is 4.90 Å². The van der Waals surface area contributed by atoms with Gasteiger partial charge in [0.25, 0.3) is 5.91 Å². The molecule has 0 aliphatic carbocycles. The Morgan fingerprint density at radius 3 is 2.52 bits per heavy atom. The van der Waals surface area contributed by atoms with Gasteiger partial charge in [-0.3, -0.25) is 14.5 Å². The van der Waals surface area contributed by atoms with Gasteiger partial charge in [-0.05, 0) is 44.1 Å².